The molecule has 2 heterocycles. The third kappa shape index (κ3) is 1.99. The smallest absolute Gasteiger partial charge is 0.129 e. The van der Waals surface area contributed by atoms with Crippen molar-refractivity contribution in [2.75, 3.05) is 19.6 Å². The van der Waals surface area contributed by atoms with Gasteiger partial charge in [-0.2, -0.15) is 0 Å². The van der Waals surface area contributed by atoms with Crippen molar-refractivity contribution in [1.82, 2.24) is 4.90 Å². The number of phenolic OH excluding ortho intramolecular Hbond substituents is 1. The lowest BCUT2D eigenvalue weighted by atomic mass is 9.67. The number of rotatable bonds is 1. The third-order valence-corrected chi connectivity index (χ3v) is 6.49. The zero-order valence-electron chi connectivity index (χ0n) is 12.9. The number of phenols is 1. The van der Waals surface area contributed by atoms with Crippen molar-refractivity contribution >= 4 is 11.8 Å². The highest BCUT2D eigenvalue weighted by Gasteiger charge is 2.43. The van der Waals surface area contributed by atoms with E-state index in [0.717, 1.165) is 37.4 Å². The summed E-state index contributed by atoms with van der Waals surface area (Å²) in [5.41, 5.74) is 2.85. The quantitative estimate of drug-likeness (QED) is 0.851. The van der Waals surface area contributed by atoms with E-state index in [1.165, 1.54) is 16.0 Å². The fraction of sp³-hybridized carbons (Fsp3) is 0.368. The minimum atomic E-state index is 0.0710. The Hall–Kier alpha value is -1.45. The molecule has 0 bridgehead atoms. The SMILES string of the molecule is CCN1CCC2(CC1)c1ccccc1Sc1c(O)cccc12. The van der Waals surface area contributed by atoms with Crippen LogP contribution in [0, 0.1) is 0 Å². The Morgan fingerprint density at radius 2 is 1.77 bits per heavy atom. The van der Waals surface area contributed by atoms with Crippen LogP contribution in [0.4, 0.5) is 0 Å². The molecule has 1 spiro atoms. The Morgan fingerprint density at radius 1 is 1.05 bits per heavy atom. The summed E-state index contributed by atoms with van der Waals surface area (Å²) in [5.74, 6) is 0.425. The van der Waals surface area contributed by atoms with Gasteiger partial charge in [-0.25, -0.2) is 0 Å². The zero-order chi connectivity index (χ0) is 15.2. The van der Waals surface area contributed by atoms with E-state index in [2.05, 4.69) is 42.2 Å². The minimum Gasteiger partial charge on any atom is -0.507 e. The van der Waals surface area contributed by atoms with E-state index in [1.54, 1.807) is 11.8 Å². The molecule has 0 atom stereocenters. The van der Waals surface area contributed by atoms with E-state index in [1.807, 2.05) is 12.1 Å². The van der Waals surface area contributed by atoms with Crippen molar-refractivity contribution < 1.29 is 5.11 Å². The second kappa shape index (κ2) is 5.32. The van der Waals surface area contributed by atoms with Gasteiger partial charge < -0.3 is 10.0 Å². The Kier molecular flexibility index (Phi) is 3.43. The van der Waals surface area contributed by atoms with Crippen LogP contribution in [0.5, 0.6) is 5.75 Å². The summed E-state index contributed by atoms with van der Waals surface area (Å²) >= 11 is 1.72. The summed E-state index contributed by atoms with van der Waals surface area (Å²) in [7, 11) is 0. The van der Waals surface area contributed by atoms with E-state index >= 15 is 0 Å². The second-order valence-electron chi connectivity index (χ2n) is 6.27. The number of hydrogen-bond donors (Lipinski definition) is 1. The van der Waals surface area contributed by atoms with Crippen molar-refractivity contribution in [3.63, 3.8) is 0 Å². The summed E-state index contributed by atoms with van der Waals surface area (Å²) in [6, 6.07) is 14.8. The molecule has 0 saturated carbocycles. The molecule has 1 saturated heterocycles. The van der Waals surface area contributed by atoms with Gasteiger partial charge in [0.05, 0.1) is 4.90 Å². The topological polar surface area (TPSA) is 23.5 Å². The molecule has 2 nitrogen and oxygen atoms in total. The monoisotopic (exact) mass is 311 g/mol. The second-order valence-corrected chi connectivity index (χ2v) is 7.32. The number of hydrogen-bond acceptors (Lipinski definition) is 3. The molecule has 2 aromatic rings. The summed E-state index contributed by atoms with van der Waals surface area (Å²) in [6.45, 7) is 5.62. The normalized spacial score (nSPS) is 19.7. The van der Waals surface area contributed by atoms with Gasteiger partial charge in [0.15, 0.2) is 0 Å². The lowest BCUT2D eigenvalue weighted by Crippen LogP contribution is -2.44. The van der Waals surface area contributed by atoms with Crippen molar-refractivity contribution in [3.8, 4) is 5.75 Å². The Balaban J connectivity index is 1.89. The van der Waals surface area contributed by atoms with E-state index in [-0.39, 0.29) is 5.41 Å². The molecule has 4 rings (SSSR count). The lowest BCUT2D eigenvalue weighted by Gasteiger charge is -2.46. The maximum atomic E-state index is 10.4. The number of aromatic hydroxyl groups is 1. The molecule has 1 N–H and O–H groups in total. The molecular formula is C19H21NOS. The van der Waals surface area contributed by atoms with Crippen LogP contribution < -0.4 is 0 Å². The van der Waals surface area contributed by atoms with Gasteiger partial charge in [-0.15, -0.1) is 0 Å². The van der Waals surface area contributed by atoms with Crippen molar-refractivity contribution in [3.05, 3.63) is 53.6 Å². The third-order valence-electron chi connectivity index (χ3n) is 5.28. The predicted octanol–water partition coefficient (Wildman–Crippen LogP) is 4.26. The van der Waals surface area contributed by atoms with Gasteiger partial charge in [0, 0.05) is 10.3 Å². The molecule has 114 valence electrons. The average molecular weight is 311 g/mol. The zero-order valence-corrected chi connectivity index (χ0v) is 13.7. The number of benzene rings is 2. The number of piperidine rings is 1. The molecule has 2 aromatic carbocycles. The Labute approximate surface area is 136 Å². The van der Waals surface area contributed by atoms with Gasteiger partial charge in [0.2, 0.25) is 0 Å². The maximum Gasteiger partial charge on any atom is 0.129 e. The predicted molar refractivity (Wildman–Crippen MR) is 90.8 cm³/mol. The summed E-state index contributed by atoms with van der Waals surface area (Å²) in [6.07, 6.45) is 2.27. The van der Waals surface area contributed by atoms with Crippen LogP contribution >= 0.6 is 11.8 Å². The molecule has 0 aliphatic carbocycles. The van der Waals surface area contributed by atoms with Gasteiger partial charge in [-0.3, -0.25) is 0 Å². The van der Waals surface area contributed by atoms with Crippen LogP contribution in [0.1, 0.15) is 30.9 Å². The van der Waals surface area contributed by atoms with Crippen LogP contribution in [-0.2, 0) is 5.41 Å². The van der Waals surface area contributed by atoms with Gasteiger partial charge >= 0.3 is 0 Å². The summed E-state index contributed by atoms with van der Waals surface area (Å²) in [5, 5.41) is 10.4. The summed E-state index contributed by atoms with van der Waals surface area (Å²) in [4.78, 5) is 4.89. The van der Waals surface area contributed by atoms with E-state index in [4.69, 9.17) is 0 Å². The fourth-order valence-electron chi connectivity index (χ4n) is 4.00. The highest BCUT2D eigenvalue weighted by atomic mass is 32.2. The van der Waals surface area contributed by atoms with Crippen LogP contribution in [-0.4, -0.2) is 29.6 Å². The van der Waals surface area contributed by atoms with Gasteiger partial charge in [0.25, 0.3) is 0 Å². The molecule has 0 unspecified atom stereocenters. The molecule has 2 aliphatic rings. The molecule has 22 heavy (non-hydrogen) atoms. The highest BCUT2D eigenvalue weighted by molar-refractivity contribution is 7.99. The molecule has 1 fully saturated rings. The Bertz CT molecular complexity index is 704. The Morgan fingerprint density at radius 3 is 2.55 bits per heavy atom. The largest absolute Gasteiger partial charge is 0.507 e. The van der Waals surface area contributed by atoms with E-state index < -0.39 is 0 Å². The van der Waals surface area contributed by atoms with Crippen LogP contribution in [0.2, 0.25) is 0 Å². The van der Waals surface area contributed by atoms with Gasteiger partial charge in [-0.05, 0) is 55.7 Å². The number of likely N-dealkylation sites (tertiary alicyclic amines) is 1. The van der Waals surface area contributed by atoms with Crippen molar-refractivity contribution in [2.45, 2.75) is 35.0 Å². The van der Waals surface area contributed by atoms with Gasteiger partial charge in [0.1, 0.15) is 5.75 Å². The first kappa shape index (κ1) is 14.2. The van der Waals surface area contributed by atoms with Gasteiger partial charge in [-0.1, -0.05) is 49.0 Å². The van der Waals surface area contributed by atoms with Crippen molar-refractivity contribution in [2.24, 2.45) is 0 Å². The van der Waals surface area contributed by atoms with Crippen LogP contribution in [0.25, 0.3) is 0 Å². The molecule has 0 radical (unpaired) electrons. The molecule has 2 aliphatic heterocycles. The first-order valence-corrected chi connectivity index (χ1v) is 8.88. The molecule has 0 amide bonds. The van der Waals surface area contributed by atoms with Crippen molar-refractivity contribution in [1.29, 1.82) is 0 Å². The fourth-order valence-corrected chi connectivity index (χ4v) is 5.29. The standard InChI is InChI=1S/C19H21NOS/c1-2-20-12-10-19(11-13-20)14-6-3-4-9-17(14)22-18-15(19)7-5-8-16(18)21/h3-9,21H,2,10-13H2,1H3. The summed E-state index contributed by atoms with van der Waals surface area (Å²) < 4.78 is 0. The maximum absolute atomic E-state index is 10.4. The van der Waals surface area contributed by atoms with Crippen LogP contribution in [0.3, 0.4) is 0 Å². The lowest BCUT2D eigenvalue weighted by molar-refractivity contribution is 0.183. The van der Waals surface area contributed by atoms with E-state index in [0.29, 0.717) is 5.75 Å². The first-order valence-electron chi connectivity index (χ1n) is 8.07. The first-order chi connectivity index (χ1) is 10.7. The molecule has 3 heteroatoms. The van der Waals surface area contributed by atoms with E-state index in [9.17, 15) is 5.11 Å². The minimum absolute atomic E-state index is 0.0710. The number of nitrogens with zero attached hydrogens (tertiary/aromatic N) is 1. The molecular weight excluding hydrogens is 290 g/mol. The highest BCUT2D eigenvalue weighted by Crippen LogP contribution is 2.55. The van der Waals surface area contributed by atoms with Crippen LogP contribution in [0.15, 0.2) is 52.3 Å². The number of fused-ring (bicyclic) bond motifs is 4. The molecule has 0 aromatic heterocycles. The average Bonchev–Trinajstić information content (AvgIpc) is 2.57.